The minimum absolute atomic E-state index is 0.232. The van der Waals surface area contributed by atoms with Crippen molar-refractivity contribution in [3.05, 3.63) is 29.8 Å². The molecule has 2 aromatic rings. The number of aromatic nitrogens is 2. The maximum Gasteiger partial charge on any atom is 0.125 e. The van der Waals surface area contributed by atoms with Crippen molar-refractivity contribution >= 4 is 11.0 Å². The van der Waals surface area contributed by atoms with E-state index in [0.717, 1.165) is 42.7 Å². The molecule has 0 aliphatic rings. The van der Waals surface area contributed by atoms with Crippen molar-refractivity contribution in [1.82, 2.24) is 9.97 Å². The molecule has 0 fully saturated rings. The lowest BCUT2D eigenvalue weighted by Gasteiger charge is -2.07. The van der Waals surface area contributed by atoms with Crippen molar-refractivity contribution in [2.45, 2.75) is 26.2 Å². The predicted molar refractivity (Wildman–Crippen MR) is 67.2 cm³/mol. The fourth-order valence-electron chi connectivity index (χ4n) is 1.97. The quantitative estimate of drug-likeness (QED) is 0.837. The van der Waals surface area contributed by atoms with Gasteiger partial charge in [0.1, 0.15) is 11.6 Å². The number of nitrogens with zero attached hydrogens (tertiary/aromatic N) is 1. The first-order valence-electron chi connectivity index (χ1n) is 6.03. The fourth-order valence-corrected chi connectivity index (χ4v) is 1.97. The Balaban J connectivity index is 2.04. The van der Waals surface area contributed by atoms with E-state index in [1.807, 2.05) is 0 Å². The highest BCUT2D eigenvalue weighted by molar-refractivity contribution is 5.74. The van der Waals surface area contributed by atoms with E-state index >= 15 is 0 Å². The number of imidazole rings is 1. The first-order chi connectivity index (χ1) is 8.19. The molecule has 3 N–H and O–H groups in total. The normalized spacial score (nSPS) is 13.1. The minimum atomic E-state index is -0.232. The lowest BCUT2D eigenvalue weighted by atomic mass is 10.0. The number of aryl methyl sites for hydroxylation is 1. The van der Waals surface area contributed by atoms with Gasteiger partial charge in [-0.15, -0.1) is 0 Å². The van der Waals surface area contributed by atoms with Gasteiger partial charge in [-0.2, -0.15) is 0 Å². The Kier molecular flexibility index (Phi) is 3.74. The first kappa shape index (κ1) is 12.0. The van der Waals surface area contributed by atoms with E-state index in [1.54, 1.807) is 6.07 Å². The topological polar surface area (TPSA) is 54.7 Å². The van der Waals surface area contributed by atoms with Crippen LogP contribution in [-0.2, 0) is 6.42 Å². The van der Waals surface area contributed by atoms with Gasteiger partial charge in [0.05, 0.1) is 11.0 Å². The number of halogens is 1. The van der Waals surface area contributed by atoms with Crippen LogP contribution in [0.15, 0.2) is 18.2 Å². The summed E-state index contributed by atoms with van der Waals surface area (Å²) in [5.41, 5.74) is 7.11. The lowest BCUT2D eigenvalue weighted by Crippen LogP contribution is -2.06. The maximum absolute atomic E-state index is 13.0. The Hall–Kier alpha value is -1.42. The van der Waals surface area contributed by atoms with Crippen molar-refractivity contribution in [3.8, 4) is 0 Å². The monoisotopic (exact) mass is 235 g/mol. The molecule has 0 aliphatic heterocycles. The second kappa shape index (κ2) is 5.27. The van der Waals surface area contributed by atoms with Crippen LogP contribution < -0.4 is 5.73 Å². The number of nitrogens with two attached hydrogens (primary N) is 1. The van der Waals surface area contributed by atoms with Crippen molar-refractivity contribution in [2.75, 3.05) is 6.54 Å². The minimum Gasteiger partial charge on any atom is -0.342 e. The molecule has 1 atom stereocenters. The molecular formula is C13H18FN3. The summed E-state index contributed by atoms with van der Waals surface area (Å²) < 4.78 is 13.0. The Morgan fingerprint density at radius 3 is 3.00 bits per heavy atom. The fraction of sp³-hybridized carbons (Fsp3) is 0.462. The van der Waals surface area contributed by atoms with Crippen molar-refractivity contribution in [3.63, 3.8) is 0 Å². The molecule has 4 heteroatoms. The molecule has 3 nitrogen and oxygen atoms in total. The molecule has 1 unspecified atom stereocenters. The summed E-state index contributed by atoms with van der Waals surface area (Å²) in [5.74, 6) is 1.30. The lowest BCUT2D eigenvalue weighted by molar-refractivity contribution is 0.495. The molecule has 1 heterocycles. The van der Waals surface area contributed by atoms with Gasteiger partial charge in [0.2, 0.25) is 0 Å². The standard InChI is InChI=1S/C13H18FN3/c1-9(6-7-15)2-5-13-16-11-4-3-10(14)8-12(11)17-13/h3-4,8-9H,2,5-7,15H2,1H3,(H,16,17). The van der Waals surface area contributed by atoms with Gasteiger partial charge in [0, 0.05) is 6.42 Å². The van der Waals surface area contributed by atoms with E-state index in [4.69, 9.17) is 5.73 Å². The van der Waals surface area contributed by atoms with Crippen LogP contribution in [0, 0.1) is 11.7 Å². The van der Waals surface area contributed by atoms with Crippen LogP contribution in [0.5, 0.6) is 0 Å². The average Bonchev–Trinajstić information content (AvgIpc) is 2.68. The SMILES string of the molecule is CC(CCN)CCc1nc2ccc(F)cc2[nH]1. The zero-order valence-electron chi connectivity index (χ0n) is 10.0. The van der Waals surface area contributed by atoms with Gasteiger partial charge in [-0.3, -0.25) is 0 Å². The Morgan fingerprint density at radius 1 is 1.41 bits per heavy atom. The number of aromatic amines is 1. The van der Waals surface area contributed by atoms with Crippen LogP contribution in [0.2, 0.25) is 0 Å². The van der Waals surface area contributed by atoms with Crippen molar-refractivity contribution in [1.29, 1.82) is 0 Å². The van der Waals surface area contributed by atoms with Crippen LogP contribution in [0.25, 0.3) is 11.0 Å². The number of fused-ring (bicyclic) bond motifs is 1. The zero-order valence-corrected chi connectivity index (χ0v) is 10.0. The van der Waals surface area contributed by atoms with Gasteiger partial charge in [0.25, 0.3) is 0 Å². The van der Waals surface area contributed by atoms with Gasteiger partial charge >= 0.3 is 0 Å². The summed E-state index contributed by atoms with van der Waals surface area (Å²) in [6.45, 7) is 2.92. The molecule has 17 heavy (non-hydrogen) atoms. The third-order valence-electron chi connectivity index (χ3n) is 3.03. The van der Waals surface area contributed by atoms with Crippen LogP contribution in [0.4, 0.5) is 4.39 Å². The molecule has 2 rings (SSSR count). The highest BCUT2D eigenvalue weighted by Crippen LogP contribution is 2.15. The summed E-state index contributed by atoms with van der Waals surface area (Å²) in [5, 5.41) is 0. The Labute approximate surface area is 100 Å². The number of hydrogen-bond donors (Lipinski definition) is 2. The molecule has 0 amide bonds. The van der Waals surface area contributed by atoms with Crippen molar-refractivity contribution in [2.24, 2.45) is 11.7 Å². The third kappa shape index (κ3) is 3.03. The first-order valence-corrected chi connectivity index (χ1v) is 6.03. The number of hydrogen-bond acceptors (Lipinski definition) is 2. The zero-order chi connectivity index (χ0) is 12.3. The van der Waals surface area contributed by atoms with Crippen LogP contribution >= 0.6 is 0 Å². The Morgan fingerprint density at radius 2 is 2.24 bits per heavy atom. The highest BCUT2D eigenvalue weighted by atomic mass is 19.1. The number of rotatable bonds is 5. The van der Waals surface area contributed by atoms with Crippen LogP contribution in [0.1, 0.15) is 25.6 Å². The highest BCUT2D eigenvalue weighted by Gasteiger charge is 2.06. The van der Waals surface area contributed by atoms with Gasteiger partial charge in [-0.05, 0) is 43.5 Å². The summed E-state index contributed by atoms with van der Waals surface area (Å²) in [6.07, 6.45) is 2.98. The van der Waals surface area contributed by atoms with Gasteiger partial charge in [-0.1, -0.05) is 6.92 Å². The second-order valence-corrected chi connectivity index (χ2v) is 4.57. The average molecular weight is 235 g/mol. The largest absolute Gasteiger partial charge is 0.342 e. The van der Waals surface area contributed by atoms with Crippen LogP contribution in [-0.4, -0.2) is 16.5 Å². The number of H-pyrrole nitrogens is 1. The molecule has 0 spiro atoms. The van der Waals surface area contributed by atoms with E-state index in [9.17, 15) is 4.39 Å². The van der Waals surface area contributed by atoms with E-state index in [1.165, 1.54) is 12.1 Å². The van der Waals surface area contributed by atoms with Gasteiger partial charge in [-0.25, -0.2) is 9.37 Å². The van der Waals surface area contributed by atoms with Crippen molar-refractivity contribution < 1.29 is 4.39 Å². The molecule has 0 saturated heterocycles. The molecule has 92 valence electrons. The molecule has 1 aromatic carbocycles. The molecular weight excluding hydrogens is 217 g/mol. The van der Waals surface area contributed by atoms with Gasteiger partial charge < -0.3 is 10.7 Å². The molecule has 0 saturated carbocycles. The van der Waals surface area contributed by atoms with E-state index in [-0.39, 0.29) is 5.82 Å². The molecule has 1 aromatic heterocycles. The predicted octanol–water partition coefficient (Wildman–Crippen LogP) is 2.62. The summed E-state index contributed by atoms with van der Waals surface area (Å²) >= 11 is 0. The summed E-state index contributed by atoms with van der Waals surface area (Å²) in [4.78, 5) is 7.58. The Bertz CT molecular complexity index is 492. The molecule has 0 bridgehead atoms. The number of nitrogens with one attached hydrogen (secondary N) is 1. The molecule has 0 aliphatic carbocycles. The van der Waals surface area contributed by atoms with Crippen LogP contribution in [0.3, 0.4) is 0 Å². The van der Waals surface area contributed by atoms with E-state index < -0.39 is 0 Å². The second-order valence-electron chi connectivity index (χ2n) is 4.57. The maximum atomic E-state index is 13.0. The molecule has 0 radical (unpaired) electrons. The number of benzene rings is 1. The van der Waals surface area contributed by atoms with E-state index in [2.05, 4.69) is 16.9 Å². The third-order valence-corrected chi connectivity index (χ3v) is 3.03. The smallest absolute Gasteiger partial charge is 0.125 e. The van der Waals surface area contributed by atoms with Gasteiger partial charge in [0.15, 0.2) is 0 Å². The summed E-state index contributed by atoms with van der Waals surface area (Å²) in [7, 11) is 0. The summed E-state index contributed by atoms with van der Waals surface area (Å²) in [6, 6.07) is 4.62. The van der Waals surface area contributed by atoms with E-state index in [0.29, 0.717) is 5.92 Å².